The third kappa shape index (κ3) is 5.36. The van der Waals surface area contributed by atoms with E-state index in [9.17, 15) is 0 Å². The Balaban J connectivity index is 0.00000169. The summed E-state index contributed by atoms with van der Waals surface area (Å²) in [6, 6.07) is 13.7. The summed E-state index contributed by atoms with van der Waals surface area (Å²) < 4.78 is 0. The van der Waals surface area contributed by atoms with E-state index in [4.69, 9.17) is 17.3 Å². The van der Waals surface area contributed by atoms with Crippen LogP contribution in [0.25, 0.3) is 23.1 Å². The maximum atomic E-state index is 5.90. The minimum Gasteiger partial charge on any atom is -0.403 e. The Kier molecular flexibility index (Phi) is 8.39. The van der Waals surface area contributed by atoms with Crippen LogP contribution in [0.1, 0.15) is 17.0 Å². The average Bonchev–Trinajstić information content (AvgIpc) is 2.59. The number of nitrogens with one attached hydrogen (secondary N) is 1. The minimum atomic E-state index is 0. The highest BCUT2D eigenvalue weighted by Crippen LogP contribution is 2.22. The first-order chi connectivity index (χ1) is 11.7. The molecule has 0 bridgehead atoms. The van der Waals surface area contributed by atoms with Crippen molar-refractivity contribution in [3.8, 4) is 0 Å². The van der Waals surface area contributed by atoms with Gasteiger partial charge in [-0.3, -0.25) is 0 Å². The highest BCUT2D eigenvalue weighted by atomic mass is 35.5. The lowest BCUT2D eigenvalue weighted by Gasteiger charge is -2.07. The molecule has 7 heteroatoms. The second-order valence-corrected chi connectivity index (χ2v) is 5.78. The Labute approximate surface area is 170 Å². The van der Waals surface area contributed by atoms with Gasteiger partial charge < -0.3 is 11.1 Å². The number of halogens is 3. The summed E-state index contributed by atoms with van der Waals surface area (Å²) in [5.74, 6) is 1.34. The number of nitrogens with two attached hydrogens (primary N) is 1. The van der Waals surface area contributed by atoms with Gasteiger partial charge in [-0.05, 0) is 42.8 Å². The van der Waals surface area contributed by atoms with Crippen LogP contribution >= 0.6 is 36.4 Å². The number of anilines is 1. The Morgan fingerprint density at radius 3 is 2.42 bits per heavy atom. The van der Waals surface area contributed by atoms with Crippen LogP contribution < -0.4 is 11.1 Å². The normalized spacial score (nSPS) is 10.7. The van der Waals surface area contributed by atoms with Crippen LogP contribution in [0.5, 0.6) is 0 Å². The summed E-state index contributed by atoms with van der Waals surface area (Å²) >= 11 is 5.90. The molecule has 136 valence electrons. The van der Waals surface area contributed by atoms with Crippen molar-refractivity contribution in [3.05, 3.63) is 76.8 Å². The number of aromatic nitrogens is 2. The monoisotopic (exact) mass is 408 g/mol. The standard InChI is InChI=1S/C19H17ClN4.2ClH/c1-13-2-8-17-16(12-13)19(22-11-10-21)24-18(23-17)9-5-14-3-6-15(20)7-4-14;;/h2-12H,21H2,1H3,(H,22,23,24);2*1H/b9-5+,11-10+;;. The molecule has 0 spiro atoms. The van der Waals surface area contributed by atoms with E-state index in [0.717, 1.165) is 27.8 Å². The third-order valence-electron chi connectivity index (χ3n) is 3.48. The van der Waals surface area contributed by atoms with Gasteiger partial charge in [0, 0.05) is 22.8 Å². The van der Waals surface area contributed by atoms with Gasteiger partial charge in [0.1, 0.15) is 5.82 Å². The van der Waals surface area contributed by atoms with Gasteiger partial charge in [-0.2, -0.15) is 0 Å². The van der Waals surface area contributed by atoms with E-state index in [1.807, 2.05) is 55.5 Å². The van der Waals surface area contributed by atoms with Crippen molar-refractivity contribution in [1.82, 2.24) is 9.97 Å². The Morgan fingerprint density at radius 1 is 1.00 bits per heavy atom. The lowest BCUT2D eigenvalue weighted by atomic mass is 10.1. The Hall–Kier alpha value is -2.27. The van der Waals surface area contributed by atoms with Crippen molar-refractivity contribution in [2.75, 3.05) is 5.32 Å². The molecule has 4 nitrogen and oxygen atoms in total. The molecule has 0 saturated heterocycles. The molecular formula is C19H19Cl3N4. The molecule has 1 aromatic heterocycles. The van der Waals surface area contributed by atoms with Gasteiger partial charge in [-0.25, -0.2) is 9.97 Å². The fourth-order valence-electron chi connectivity index (χ4n) is 2.32. The molecule has 0 amide bonds. The summed E-state index contributed by atoms with van der Waals surface area (Å²) in [7, 11) is 0. The van der Waals surface area contributed by atoms with Crippen LogP contribution in [0.4, 0.5) is 5.82 Å². The minimum absolute atomic E-state index is 0. The van der Waals surface area contributed by atoms with Gasteiger partial charge in [-0.15, -0.1) is 24.8 Å². The summed E-state index contributed by atoms with van der Waals surface area (Å²) in [5.41, 5.74) is 8.48. The van der Waals surface area contributed by atoms with Gasteiger partial charge in [0.05, 0.1) is 5.52 Å². The third-order valence-corrected chi connectivity index (χ3v) is 3.73. The molecular weight excluding hydrogens is 391 g/mol. The molecule has 3 rings (SSSR count). The zero-order chi connectivity index (χ0) is 16.9. The summed E-state index contributed by atoms with van der Waals surface area (Å²) in [4.78, 5) is 9.17. The zero-order valence-electron chi connectivity index (χ0n) is 14.0. The van der Waals surface area contributed by atoms with Crippen LogP contribution in [0.15, 0.2) is 54.9 Å². The summed E-state index contributed by atoms with van der Waals surface area (Å²) in [6.45, 7) is 2.04. The highest BCUT2D eigenvalue weighted by Gasteiger charge is 2.05. The smallest absolute Gasteiger partial charge is 0.154 e. The molecule has 0 radical (unpaired) electrons. The van der Waals surface area contributed by atoms with Crippen molar-refractivity contribution in [3.63, 3.8) is 0 Å². The van der Waals surface area contributed by atoms with Gasteiger partial charge in [-0.1, -0.05) is 41.4 Å². The summed E-state index contributed by atoms with van der Waals surface area (Å²) in [6.07, 6.45) is 6.91. The number of aryl methyl sites for hydroxylation is 1. The molecule has 2 aromatic carbocycles. The topological polar surface area (TPSA) is 63.8 Å². The first-order valence-corrected chi connectivity index (χ1v) is 7.89. The van der Waals surface area contributed by atoms with Gasteiger partial charge in [0.25, 0.3) is 0 Å². The molecule has 0 saturated carbocycles. The fourth-order valence-corrected chi connectivity index (χ4v) is 2.44. The maximum Gasteiger partial charge on any atom is 0.154 e. The fraction of sp³-hybridized carbons (Fsp3) is 0.0526. The number of benzene rings is 2. The van der Waals surface area contributed by atoms with Crippen molar-refractivity contribution in [2.24, 2.45) is 5.73 Å². The van der Waals surface area contributed by atoms with E-state index in [1.54, 1.807) is 6.20 Å². The molecule has 0 aliphatic carbocycles. The zero-order valence-corrected chi connectivity index (χ0v) is 16.4. The van der Waals surface area contributed by atoms with Crippen molar-refractivity contribution in [2.45, 2.75) is 6.92 Å². The van der Waals surface area contributed by atoms with E-state index in [2.05, 4.69) is 21.4 Å². The first-order valence-electron chi connectivity index (χ1n) is 7.51. The molecule has 0 atom stereocenters. The molecule has 3 N–H and O–H groups in total. The SMILES string of the molecule is Cc1ccc2nc(/C=C/c3ccc(Cl)cc3)nc(N/C=C/N)c2c1.Cl.Cl. The van der Waals surface area contributed by atoms with Crippen molar-refractivity contribution < 1.29 is 0 Å². The predicted molar refractivity (Wildman–Crippen MR) is 116 cm³/mol. The van der Waals surface area contributed by atoms with Crippen LogP contribution in [0.2, 0.25) is 5.02 Å². The van der Waals surface area contributed by atoms with Gasteiger partial charge in [0.15, 0.2) is 5.82 Å². The molecule has 0 unspecified atom stereocenters. The Morgan fingerprint density at radius 2 is 1.73 bits per heavy atom. The molecule has 0 fully saturated rings. The van der Waals surface area contributed by atoms with Crippen LogP contribution in [-0.4, -0.2) is 9.97 Å². The lowest BCUT2D eigenvalue weighted by molar-refractivity contribution is 1.18. The number of fused-ring (bicyclic) bond motifs is 1. The van der Waals surface area contributed by atoms with Gasteiger partial charge in [0.2, 0.25) is 0 Å². The molecule has 1 heterocycles. The molecule has 26 heavy (non-hydrogen) atoms. The number of hydrogen-bond donors (Lipinski definition) is 2. The second-order valence-electron chi connectivity index (χ2n) is 5.34. The number of hydrogen-bond acceptors (Lipinski definition) is 4. The lowest BCUT2D eigenvalue weighted by Crippen LogP contribution is -1.99. The Bertz CT molecular complexity index is 922. The van der Waals surface area contributed by atoms with Crippen molar-refractivity contribution >= 4 is 65.3 Å². The predicted octanol–water partition coefficient (Wildman–Crippen LogP) is 5.45. The van der Waals surface area contributed by atoms with Crippen molar-refractivity contribution in [1.29, 1.82) is 0 Å². The van der Waals surface area contributed by atoms with Crippen LogP contribution in [-0.2, 0) is 0 Å². The quantitative estimate of drug-likeness (QED) is 0.601. The highest BCUT2D eigenvalue weighted by molar-refractivity contribution is 6.30. The van der Waals surface area contributed by atoms with E-state index in [1.165, 1.54) is 6.20 Å². The average molecular weight is 410 g/mol. The summed E-state index contributed by atoms with van der Waals surface area (Å²) in [5, 5.41) is 4.77. The number of nitrogens with zero attached hydrogens (tertiary/aromatic N) is 2. The number of rotatable bonds is 4. The molecule has 0 aliphatic heterocycles. The van der Waals surface area contributed by atoms with Gasteiger partial charge >= 0.3 is 0 Å². The second kappa shape index (κ2) is 10.0. The van der Waals surface area contributed by atoms with E-state index >= 15 is 0 Å². The van der Waals surface area contributed by atoms with Crippen LogP contribution in [0.3, 0.4) is 0 Å². The largest absolute Gasteiger partial charge is 0.403 e. The van der Waals surface area contributed by atoms with Crippen LogP contribution in [0, 0.1) is 6.92 Å². The van der Waals surface area contributed by atoms with E-state index in [0.29, 0.717) is 10.8 Å². The van der Waals surface area contributed by atoms with E-state index in [-0.39, 0.29) is 24.8 Å². The van der Waals surface area contributed by atoms with E-state index < -0.39 is 0 Å². The first kappa shape index (κ1) is 21.8. The molecule has 0 aliphatic rings. The molecule has 3 aromatic rings. The maximum absolute atomic E-state index is 5.90.